The lowest BCUT2D eigenvalue weighted by Gasteiger charge is -2.53. The number of nitrogens with one attached hydrogen (secondary N) is 1. The fourth-order valence-corrected chi connectivity index (χ4v) is 4.44. The molecule has 3 aliphatic heterocycles. The van der Waals surface area contributed by atoms with Gasteiger partial charge in [-0.25, -0.2) is 4.98 Å². The number of hydrogen-bond donors (Lipinski definition) is 1. The number of piperidine rings is 3. The van der Waals surface area contributed by atoms with Crippen LogP contribution in [0.15, 0.2) is 11.6 Å². The maximum absolute atomic E-state index is 4.64. The summed E-state index contributed by atoms with van der Waals surface area (Å²) in [5, 5.41) is 7.41. The van der Waals surface area contributed by atoms with E-state index in [-0.39, 0.29) is 5.54 Å². The molecule has 4 heteroatoms. The third kappa shape index (κ3) is 1.65. The van der Waals surface area contributed by atoms with Crippen molar-refractivity contribution in [3.63, 3.8) is 0 Å². The van der Waals surface area contributed by atoms with Gasteiger partial charge in [-0.3, -0.25) is 0 Å². The molecule has 0 spiro atoms. The van der Waals surface area contributed by atoms with Crippen LogP contribution in [0.25, 0.3) is 0 Å². The minimum Gasteiger partial charge on any atom is -0.301 e. The van der Waals surface area contributed by atoms with Gasteiger partial charge < -0.3 is 10.2 Å². The van der Waals surface area contributed by atoms with Crippen LogP contribution in [0.5, 0.6) is 0 Å². The second kappa shape index (κ2) is 3.77. The highest BCUT2D eigenvalue weighted by atomic mass is 32.1. The van der Waals surface area contributed by atoms with Crippen molar-refractivity contribution in [1.29, 1.82) is 0 Å². The fourth-order valence-electron chi connectivity index (χ4n) is 3.57. The van der Waals surface area contributed by atoms with Gasteiger partial charge in [0.25, 0.3) is 0 Å². The summed E-state index contributed by atoms with van der Waals surface area (Å²) < 4.78 is 0. The van der Waals surface area contributed by atoms with Crippen LogP contribution in [-0.4, -0.2) is 35.6 Å². The van der Waals surface area contributed by atoms with Crippen LogP contribution in [0.3, 0.4) is 0 Å². The first-order chi connectivity index (χ1) is 8.37. The number of nitrogens with zero attached hydrogens (tertiary/aromatic N) is 2. The lowest BCUT2D eigenvalue weighted by molar-refractivity contribution is 0.00177. The summed E-state index contributed by atoms with van der Waals surface area (Å²) in [6.45, 7) is 3.77. The third-order valence-corrected chi connectivity index (χ3v) is 5.56. The van der Waals surface area contributed by atoms with Gasteiger partial charge in [-0.05, 0) is 44.7 Å². The van der Waals surface area contributed by atoms with Gasteiger partial charge >= 0.3 is 0 Å². The number of rotatable bonds is 3. The molecule has 1 aromatic rings. The molecule has 3 nitrogen and oxygen atoms in total. The van der Waals surface area contributed by atoms with E-state index in [1.807, 2.05) is 17.5 Å². The Balaban J connectivity index is 1.72. The minimum atomic E-state index is 0.186. The Kier molecular flexibility index (Phi) is 2.32. The molecule has 5 rings (SSSR count). The van der Waals surface area contributed by atoms with E-state index in [4.69, 9.17) is 0 Å². The quantitative estimate of drug-likeness (QED) is 0.885. The summed E-state index contributed by atoms with van der Waals surface area (Å²) in [6.07, 6.45) is 7.38. The Morgan fingerprint density at radius 2 is 2.12 bits per heavy atom. The first kappa shape index (κ1) is 10.5. The maximum atomic E-state index is 4.64. The van der Waals surface area contributed by atoms with E-state index in [2.05, 4.69) is 20.6 Å². The Labute approximate surface area is 106 Å². The molecule has 1 aliphatic carbocycles. The highest BCUT2D eigenvalue weighted by molar-refractivity contribution is 7.09. The molecule has 1 aromatic heterocycles. The summed E-state index contributed by atoms with van der Waals surface area (Å²) in [7, 11) is 0. The van der Waals surface area contributed by atoms with Crippen LogP contribution >= 0.6 is 11.3 Å². The van der Waals surface area contributed by atoms with Gasteiger partial charge in [-0.2, -0.15) is 0 Å². The van der Waals surface area contributed by atoms with Crippen LogP contribution in [-0.2, 0) is 5.54 Å². The van der Waals surface area contributed by atoms with Crippen molar-refractivity contribution in [2.45, 2.75) is 37.3 Å². The molecule has 0 radical (unpaired) electrons. The van der Waals surface area contributed by atoms with Crippen molar-refractivity contribution in [1.82, 2.24) is 15.2 Å². The van der Waals surface area contributed by atoms with Crippen molar-refractivity contribution in [3.8, 4) is 0 Å². The Bertz CT molecular complexity index is 389. The van der Waals surface area contributed by atoms with E-state index < -0.39 is 0 Å². The van der Waals surface area contributed by atoms with Gasteiger partial charge in [0.2, 0.25) is 0 Å². The fraction of sp³-hybridized carbons (Fsp3) is 0.769. The van der Waals surface area contributed by atoms with Gasteiger partial charge in [0, 0.05) is 24.2 Å². The first-order valence-corrected chi connectivity index (χ1v) is 7.65. The van der Waals surface area contributed by atoms with Gasteiger partial charge in [0.05, 0.1) is 5.54 Å². The maximum Gasteiger partial charge on any atom is 0.114 e. The Morgan fingerprint density at radius 3 is 2.65 bits per heavy atom. The Hall–Kier alpha value is -0.450. The topological polar surface area (TPSA) is 28.2 Å². The van der Waals surface area contributed by atoms with E-state index in [0.29, 0.717) is 0 Å². The van der Waals surface area contributed by atoms with Crippen LogP contribution in [0.4, 0.5) is 0 Å². The first-order valence-electron chi connectivity index (χ1n) is 6.77. The second-order valence-electron chi connectivity index (χ2n) is 5.78. The molecule has 4 fully saturated rings. The molecule has 4 aliphatic rings. The van der Waals surface area contributed by atoms with Crippen LogP contribution in [0, 0.1) is 5.92 Å². The van der Waals surface area contributed by atoms with Crippen molar-refractivity contribution in [2.75, 3.05) is 19.6 Å². The largest absolute Gasteiger partial charge is 0.301 e. The summed E-state index contributed by atoms with van der Waals surface area (Å²) >= 11 is 1.84. The smallest absolute Gasteiger partial charge is 0.114 e. The zero-order valence-corrected chi connectivity index (χ0v) is 10.9. The van der Waals surface area contributed by atoms with Crippen LogP contribution < -0.4 is 5.32 Å². The van der Waals surface area contributed by atoms with E-state index in [1.54, 1.807) is 0 Å². The molecule has 1 atom stereocenters. The van der Waals surface area contributed by atoms with Gasteiger partial charge in [-0.1, -0.05) is 0 Å². The number of thiazole rings is 1. The molecule has 0 amide bonds. The normalized spacial score (nSPS) is 40.7. The summed E-state index contributed by atoms with van der Waals surface area (Å²) in [5.74, 6) is 0.805. The van der Waals surface area contributed by atoms with Crippen molar-refractivity contribution in [3.05, 3.63) is 16.6 Å². The second-order valence-corrected chi connectivity index (χ2v) is 6.67. The molecule has 1 N–H and O–H groups in total. The molecule has 3 saturated heterocycles. The average molecular weight is 249 g/mol. The minimum absolute atomic E-state index is 0.186. The number of fused-ring (bicyclic) bond motifs is 3. The third-order valence-electron chi connectivity index (χ3n) is 4.61. The SMILES string of the molecule is c1csc(C2(NC3CC3)CN3CCC2CC3)n1. The number of hydrogen-bond acceptors (Lipinski definition) is 4. The molecular formula is C13H19N3S. The lowest BCUT2D eigenvalue weighted by Crippen LogP contribution is -2.64. The van der Waals surface area contributed by atoms with Gasteiger partial charge in [-0.15, -0.1) is 11.3 Å². The number of aromatic nitrogens is 1. The summed E-state index contributed by atoms with van der Waals surface area (Å²) in [4.78, 5) is 7.26. The van der Waals surface area contributed by atoms with E-state index in [1.165, 1.54) is 50.3 Å². The summed E-state index contributed by atoms with van der Waals surface area (Å²) in [5.41, 5.74) is 0.186. The average Bonchev–Trinajstić information content (AvgIpc) is 3.00. The predicted molar refractivity (Wildman–Crippen MR) is 69.1 cm³/mol. The molecule has 92 valence electrons. The highest BCUT2D eigenvalue weighted by Crippen LogP contribution is 2.45. The van der Waals surface area contributed by atoms with Gasteiger partial charge in [0.15, 0.2) is 0 Å². The zero-order valence-electron chi connectivity index (χ0n) is 10.1. The van der Waals surface area contributed by atoms with Crippen LogP contribution in [0.1, 0.15) is 30.7 Å². The predicted octanol–water partition coefficient (Wildman–Crippen LogP) is 1.82. The van der Waals surface area contributed by atoms with Crippen molar-refractivity contribution >= 4 is 11.3 Å². The molecule has 17 heavy (non-hydrogen) atoms. The Morgan fingerprint density at radius 1 is 1.29 bits per heavy atom. The zero-order chi connectivity index (χ0) is 11.3. The van der Waals surface area contributed by atoms with E-state index >= 15 is 0 Å². The summed E-state index contributed by atoms with van der Waals surface area (Å²) in [6, 6.07) is 0.763. The van der Waals surface area contributed by atoms with E-state index in [9.17, 15) is 0 Å². The highest BCUT2D eigenvalue weighted by Gasteiger charge is 2.51. The van der Waals surface area contributed by atoms with Crippen LogP contribution in [0.2, 0.25) is 0 Å². The molecule has 0 aromatic carbocycles. The lowest BCUT2D eigenvalue weighted by atomic mass is 9.73. The molecule has 4 heterocycles. The standard InChI is InChI=1S/C13H19N3S/c1-2-11(1)15-13(12-14-5-8-17-12)9-16-6-3-10(13)4-7-16/h5,8,10-11,15H,1-4,6-7,9H2. The monoisotopic (exact) mass is 249 g/mol. The van der Waals surface area contributed by atoms with Crippen molar-refractivity contribution in [2.24, 2.45) is 5.92 Å². The molecular weight excluding hydrogens is 230 g/mol. The van der Waals surface area contributed by atoms with Crippen molar-refractivity contribution < 1.29 is 0 Å². The molecule has 1 saturated carbocycles. The molecule has 1 unspecified atom stereocenters. The van der Waals surface area contributed by atoms with E-state index in [0.717, 1.165) is 12.0 Å². The molecule has 2 bridgehead atoms. The van der Waals surface area contributed by atoms with Gasteiger partial charge in [0.1, 0.15) is 5.01 Å².